The number of nitrogens with two attached hydrogens (primary N) is 1. The summed E-state index contributed by atoms with van der Waals surface area (Å²) in [6.07, 6.45) is 0.312. The predicted octanol–water partition coefficient (Wildman–Crippen LogP) is 0.0780. The Morgan fingerprint density at radius 2 is 1.88 bits per heavy atom. The summed E-state index contributed by atoms with van der Waals surface area (Å²) in [6, 6.07) is 6.10. The van der Waals surface area contributed by atoms with Gasteiger partial charge >= 0.3 is 0 Å². The Kier molecular flexibility index (Phi) is 2.88. The van der Waals surface area contributed by atoms with Gasteiger partial charge in [0, 0.05) is 0 Å². The molecule has 0 bridgehead atoms. The van der Waals surface area contributed by atoms with Gasteiger partial charge in [0.05, 0.1) is 11.3 Å². The minimum Gasteiger partial charge on any atom is -0.508 e. The summed E-state index contributed by atoms with van der Waals surface area (Å²) in [7, 11) is 0. The molecule has 0 spiro atoms. The lowest BCUT2D eigenvalue weighted by molar-refractivity contribution is 0.427. The SMILES string of the molecule is NCCc1c(O)n(-c2ccc(O)cc2)[nH]c1=O. The Hall–Kier alpha value is -2.21. The van der Waals surface area contributed by atoms with Crippen LogP contribution in [0.3, 0.4) is 0 Å². The van der Waals surface area contributed by atoms with Crippen molar-refractivity contribution in [1.29, 1.82) is 0 Å². The van der Waals surface area contributed by atoms with Crippen LogP contribution < -0.4 is 11.3 Å². The van der Waals surface area contributed by atoms with Gasteiger partial charge in [0.25, 0.3) is 5.56 Å². The second-order valence-electron chi connectivity index (χ2n) is 3.63. The first-order chi connectivity index (χ1) is 8.13. The molecule has 0 aliphatic heterocycles. The number of hydrogen-bond donors (Lipinski definition) is 4. The molecule has 0 atom stereocenters. The summed E-state index contributed by atoms with van der Waals surface area (Å²) < 4.78 is 1.26. The Balaban J connectivity index is 2.50. The van der Waals surface area contributed by atoms with Gasteiger partial charge in [0.15, 0.2) is 0 Å². The lowest BCUT2D eigenvalue weighted by Gasteiger charge is -2.04. The van der Waals surface area contributed by atoms with Gasteiger partial charge in [0.1, 0.15) is 5.75 Å². The van der Waals surface area contributed by atoms with E-state index in [1.54, 1.807) is 12.1 Å². The number of aromatic nitrogens is 2. The van der Waals surface area contributed by atoms with Gasteiger partial charge < -0.3 is 15.9 Å². The van der Waals surface area contributed by atoms with Gasteiger partial charge in [-0.15, -0.1) is 0 Å². The van der Waals surface area contributed by atoms with Crippen molar-refractivity contribution in [3.8, 4) is 17.3 Å². The van der Waals surface area contributed by atoms with Gasteiger partial charge in [-0.05, 0) is 37.2 Å². The molecule has 2 rings (SSSR count). The fourth-order valence-corrected chi connectivity index (χ4v) is 1.62. The van der Waals surface area contributed by atoms with Crippen LogP contribution in [0.5, 0.6) is 11.6 Å². The third-order valence-corrected chi connectivity index (χ3v) is 2.47. The molecule has 1 heterocycles. The third-order valence-electron chi connectivity index (χ3n) is 2.47. The number of nitrogens with zero attached hydrogens (tertiary/aromatic N) is 1. The summed E-state index contributed by atoms with van der Waals surface area (Å²) in [4.78, 5) is 11.5. The van der Waals surface area contributed by atoms with Crippen molar-refractivity contribution >= 4 is 0 Å². The van der Waals surface area contributed by atoms with E-state index in [2.05, 4.69) is 5.10 Å². The van der Waals surface area contributed by atoms with Crippen LogP contribution in [0.15, 0.2) is 29.1 Å². The molecule has 6 nitrogen and oxygen atoms in total. The number of rotatable bonds is 3. The summed E-state index contributed by atoms with van der Waals surface area (Å²) in [5.74, 6) is -0.0314. The molecule has 0 radical (unpaired) electrons. The molecule has 0 saturated heterocycles. The highest BCUT2D eigenvalue weighted by molar-refractivity contribution is 5.40. The van der Waals surface area contributed by atoms with Crippen molar-refractivity contribution < 1.29 is 10.2 Å². The van der Waals surface area contributed by atoms with Crippen LogP contribution in [0.4, 0.5) is 0 Å². The largest absolute Gasteiger partial charge is 0.508 e. The van der Waals surface area contributed by atoms with Crippen molar-refractivity contribution in [3.63, 3.8) is 0 Å². The van der Waals surface area contributed by atoms with Crippen molar-refractivity contribution in [2.75, 3.05) is 6.54 Å². The molecule has 90 valence electrons. The predicted molar refractivity (Wildman–Crippen MR) is 62.5 cm³/mol. The van der Waals surface area contributed by atoms with E-state index in [0.717, 1.165) is 0 Å². The number of hydrogen-bond acceptors (Lipinski definition) is 4. The second-order valence-corrected chi connectivity index (χ2v) is 3.63. The molecule has 5 N–H and O–H groups in total. The van der Waals surface area contributed by atoms with E-state index >= 15 is 0 Å². The Morgan fingerprint density at radius 3 is 2.47 bits per heavy atom. The first kappa shape index (κ1) is 11.3. The maximum absolute atomic E-state index is 11.5. The highest BCUT2D eigenvalue weighted by atomic mass is 16.3. The molecule has 0 fully saturated rings. The maximum Gasteiger partial charge on any atom is 0.271 e. The van der Waals surface area contributed by atoms with E-state index in [9.17, 15) is 9.90 Å². The van der Waals surface area contributed by atoms with E-state index in [1.165, 1.54) is 16.8 Å². The van der Waals surface area contributed by atoms with Crippen molar-refractivity contribution in [3.05, 3.63) is 40.2 Å². The first-order valence-corrected chi connectivity index (χ1v) is 5.16. The average molecular weight is 235 g/mol. The minimum atomic E-state index is -0.360. The third kappa shape index (κ3) is 2.02. The lowest BCUT2D eigenvalue weighted by atomic mass is 10.2. The van der Waals surface area contributed by atoms with Crippen molar-refractivity contribution in [2.24, 2.45) is 5.73 Å². The molecule has 0 aliphatic rings. The van der Waals surface area contributed by atoms with Gasteiger partial charge in [0.2, 0.25) is 5.88 Å². The summed E-state index contributed by atoms with van der Waals surface area (Å²) in [5.41, 5.74) is 5.82. The van der Waals surface area contributed by atoms with Crippen LogP contribution in [0, 0.1) is 0 Å². The molecule has 2 aromatic rings. The van der Waals surface area contributed by atoms with Crippen LogP contribution in [-0.4, -0.2) is 26.5 Å². The van der Waals surface area contributed by atoms with E-state index in [-0.39, 0.29) is 29.3 Å². The van der Waals surface area contributed by atoms with E-state index in [0.29, 0.717) is 12.1 Å². The van der Waals surface area contributed by atoms with E-state index in [1.807, 2.05) is 0 Å². The van der Waals surface area contributed by atoms with Crippen LogP contribution in [0.2, 0.25) is 0 Å². The zero-order valence-corrected chi connectivity index (χ0v) is 9.05. The molecule has 17 heavy (non-hydrogen) atoms. The topological polar surface area (TPSA) is 104 Å². The normalized spacial score (nSPS) is 10.6. The Labute approximate surface area is 96.9 Å². The van der Waals surface area contributed by atoms with Crippen molar-refractivity contribution in [1.82, 2.24) is 9.78 Å². The van der Waals surface area contributed by atoms with E-state index < -0.39 is 0 Å². The highest BCUT2D eigenvalue weighted by Crippen LogP contribution is 2.20. The molecule has 0 aliphatic carbocycles. The summed E-state index contributed by atoms with van der Waals surface area (Å²) in [5, 5.41) is 21.5. The molecule has 0 saturated carbocycles. The number of aromatic amines is 1. The summed E-state index contributed by atoms with van der Waals surface area (Å²) in [6.45, 7) is 0.288. The number of benzene rings is 1. The highest BCUT2D eigenvalue weighted by Gasteiger charge is 2.13. The zero-order chi connectivity index (χ0) is 12.4. The Morgan fingerprint density at radius 1 is 1.24 bits per heavy atom. The Bertz CT molecular complexity index is 569. The van der Waals surface area contributed by atoms with Gasteiger partial charge in [-0.25, -0.2) is 4.68 Å². The van der Waals surface area contributed by atoms with Crippen molar-refractivity contribution in [2.45, 2.75) is 6.42 Å². The van der Waals surface area contributed by atoms with Gasteiger partial charge in [-0.2, -0.15) is 0 Å². The number of H-pyrrole nitrogens is 1. The van der Waals surface area contributed by atoms with Gasteiger partial charge in [-0.3, -0.25) is 9.89 Å². The fraction of sp³-hybridized carbons (Fsp3) is 0.182. The molecule has 0 amide bonds. The number of aromatic hydroxyl groups is 2. The number of phenols is 1. The molecular weight excluding hydrogens is 222 g/mol. The standard InChI is InChI=1S/C11H13N3O3/c12-6-5-9-10(16)13-14(11(9)17)7-1-3-8(15)4-2-7/h1-4,15,17H,5-6,12H2,(H,13,16). The number of phenolic OH excluding ortho intramolecular Hbond substituents is 1. The van der Waals surface area contributed by atoms with Crippen LogP contribution >= 0.6 is 0 Å². The molecule has 0 unspecified atom stereocenters. The first-order valence-electron chi connectivity index (χ1n) is 5.16. The van der Waals surface area contributed by atoms with Crippen LogP contribution in [0.25, 0.3) is 5.69 Å². The van der Waals surface area contributed by atoms with E-state index in [4.69, 9.17) is 10.8 Å². The smallest absolute Gasteiger partial charge is 0.271 e. The number of nitrogens with one attached hydrogen (secondary N) is 1. The van der Waals surface area contributed by atoms with Crippen LogP contribution in [-0.2, 0) is 6.42 Å². The van der Waals surface area contributed by atoms with Crippen LogP contribution in [0.1, 0.15) is 5.56 Å². The zero-order valence-electron chi connectivity index (χ0n) is 9.05. The quantitative estimate of drug-likeness (QED) is 0.604. The monoisotopic (exact) mass is 235 g/mol. The second kappa shape index (κ2) is 4.34. The van der Waals surface area contributed by atoms with Gasteiger partial charge in [-0.1, -0.05) is 0 Å². The fourth-order valence-electron chi connectivity index (χ4n) is 1.62. The molecule has 6 heteroatoms. The molecule has 1 aromatic carbocycles. The lowest BCUT2D eigenvalue weighted by Crippen LogP contribution is -2.11. The molecule has 1 aromatic heterocycles. The summed E-state index contributed by atoms with van der Waals surface area (Å²) >= 11 is 0. The minimum absolute atomic E-state index is 0.116. The average Bonchev–Trinajstić information content (AvgIpc) is 2.59. The maximum atomic E-state index is 11.5. The molecular formula is C11H13N3O3.